The predicted octanol–water partition coefficient (Wildman–Crippen LogP) is 3.70. The minimum Gasteiger partial charge on any atom is -0.444 e. The average molecular weight is 255 g/mol. The standard InChI is InChI=1S/C16H17NO2/c1-13-7-5-6-10-15(11-13)17-16(18)19-12-14-8-3-2-4-9-14/h2-9,11H,10,12H2,1H3,(H,17,18). The Morgan fingerprint density at radius 2 is 2.11 bits per heavy atom. The van der Waals surface area contributed by atoms with Crippen molar-refractivity contribution in [3.63, 3.8) is 0 Å². The summed E-state index contributed by atoms with van der Waals surface area (Å²) in [4.78, 5) is 11.7. The lowest BCUT2D eigenvalue weighted by Crippen LogP contribution is -2.23. The highest BCUT2D eigenvalue weighted by molar-refractivity contribution is 5.69. The third-order valence-corrected chi connectivity index (χ3v) is 2.71. The summed E-state index contributed by atoms with van der Waals surface area (Å²) in [5.74, 6) is 0. The van der Waals surface area contributed by atoms with E-state index in [-0.39, 0.29) is 6.61 Å². The number of hydrogen-bond acceptors (Lipinski definition) is 2. The fourth-order valence-corrected chi connectivity index (χ4v) is 1.77. The number of ether oxygens (including phenoxy) is 1. The second-order valence-electron chi connectivity index (χ2n) is 4.40. The van der Waals surface area contributed by atoms with Gasteiger partial charge in [-0.25, -0.2) is 4.79 Å². The first-order valence-corrected chi connectivity index (χ1v) is 6.26. The Morgan fingerprint density at radius 3 is 2.89 bits per heavy atom. The second-order valence-corrected chi connectivity index (χ2v) is 4.40. The first kappa shape index (κ1) is 13.1. The van der Waals surface area contributed by atoms with Crippen molar-refractivity contribution in [1.29, 1.82) is 0 Å². The molecule has 3 nitrogen and oxygen atoms in total. The van der Waals surface area contributed by atoms with Gasteiger partial charge in [-0.15, -0.1) is 0 Å². The first-order valence-electron chi connectivity index (χ1n) is 6.26. The number of amides is 1. The fraction of sp³-hybridized carbons (Fsp3) is 0.188. The molecule has 1 N–H and O–H groups in total. The van der Waals surface area contributed by atoms with E-state index in [2.05, 4.69) is 5.32 Å². The summed E-state index contributed by atoms with van der Waals surface area (Å²) >= 11 is 0. The lowest BCUT2D eigenvalue weighted by Gasteiger charge is -2.09. The van der Waals surface area contributed by atoms with Crippen molar-refractivity contribution in [2.45, 2.75) is 20.0 Å². The highest BCUT2D eigenvalue weighted by atomic mass is 16.5. The van der Waals surface area contributed by atoms with Gasteiger partial charge in [0.25, 0.3) is 0 Å². The van der Waals surface area contributed by atoms with E-state index in [9.17, 15) is 4.79 Å². The van der Waals surface area contributed by atoms with Crippen molar-refractivity contribution in [2.75, 3.05) is 0 Å². The van der Waals surface area contributed by atoms with Gasteiger partial charge in [-0.05, 0) is 24.1 Å². The summed E-state index contributed by atoms with van der Waals surface area (Å²) in [6.45, 7) is 2.28. The smallest absolute Gasteiger partial charge is 0.411 e. The Kier molecular flexibility index (Phi) is 4.56. The van der Waals surface area contributed by atoms with Crippen molar-refractivity contribution in [3.05, 3.63) is 71.5 Å². The Hall–Kier alpha value is -2.29. The van der Waals surface area contributed by atoms with Crippen LogP contribution >= 0.6 is 0 Å². The van der Waals surface area contributed by atoms with Crippen LogP contribution in [0.4, 0.5) is 4.79 Å². The van der Waals surface area contributed by atoms with Crippen LogP contribution in [0, 0.1) is 0 Å². The maximum atomic E-state index is 11.7. The lowest BCUT2D eigenvalue weighted by atomic mass is 10.2. The number of rotatable bonds is 3. The SMILES string of the molecule is CC1=CC=CCC(NC(=O)OCc2ccccc2)=C1. The molecule has 1 aliphatic rings. The molecule has 3 heteroatoms. The van der Waals surface area contributed by atoms with Crippen molar-refractivity contribution < 1.29 is 9.53 Å². The van der Waals surface area contributed by atoms with Crippen molar-refractivity contribution in [2.24, 2.45) is 0 Å². The van der Waals surface area contributed by atoms with Gasteiger partial charge in [0.2, 0.25) is 0 Å². The zero-order chi connectivity index (χ0) is 13.5. The van der Waals surface area contributed by atoms with Crippen LogP contribution in [0.1, 0.15) is 18.9 Å². The fourth-order valence-electron chi connectivity index (χ4n) is 1.77. The van der Waals surface area contributed by atoms with Crippen LogP contribution in [0.2, 0.25) is 0 Å². The van der Waals surface area contributed by atoms with E-state index in [1.54, 1.807) is 0 Å². The van der Waals surface area contributed by atoms with Gasteiger partial charge in [-0.1, -0.05) is 48.6 Å². The van der Waals surface area contributed by atoms with Crippen LogP contribution in [-0.4, -0.2) is 6.09 Å². The van der Waals surface area contributed by atoms with Crippen LogP contribution < -0.4 is 5.32 Å². The van der Waals surface area contributed by atoms with E-state index < -0.39 is 6.09 Å². The minimum atomic E-state index is -0.418. The number of benzene rings is 1. The summed E-state index contributed by atoms with van der Waals surface area (Å²) < 4.78 is 5.17. The number of alkyl carbamates (subject to hydrolysis) is 1. The van der Waals surface area contributed by atoms with E-state index >= 15 is 0 Å². The normalized spacial score (nSPS) is 14.2. The molecular weight excluding hydrogens is 238 g/mol. The Labute approximate surface area is 113 Å². The van der Waals surface area contributed by atoms with Gasteiger partial charge in [-0.2, -0.15) is 0 Å². The Bertz CT molecular complexity index is 527. The molecule has 0 radical (unpaired) electrons. The number of carbonyl (C=O) groups excluding carboxylic acids is 1. The van der Waals surface area contributed by atoms with E-state index in [1.807, 2.05) is 61.6 Å². The van der Waals surface area contributed by atoms with Crippen LogP contribution in [0.25, 0.3) is 0 Å². The average Bonchev–Trinajstić information content (AvgIpc) is 2.62. The van der Waals surface area contributed by atoms with Gasteiger partial charge in [0.1, 0.15) is 6.61 Å². The monoisotopic (exact) mass is 255 g/mol. The summed E-state index contributed by atoms with van der Waals surface area (Å²) in [5, 5.41) is 2.77. The molecule has 1 amide bonds. The molecule has 0 aliphatic heterocycles. The van der Waals surface area contributed by atoms with Crippen LogP contribution in [0.15, 0.2) is 65.9 Å². The molecule has 0 bridgehead atoms. The summed E-state index contributed by atoms with van der Waals surface area (Å²) in [7, 11) is 0. The third-order valence-electron chi connectivity index (χ3n) is 2.71. The zero-order valence-corrected chi connectivity index (χ0v) is 10.9. The van der Waals surface area contributed by atoms with Gasteiger partial charge in [0, 0.05) is 12.1 Å². The largest absolute Gasteiger partial charge is 0.444 e. The molecule has 0 unspecified atom stereocenters. The zero-order valence-electron chi connectivity index (χ0n) is 10.9. The van der Waals surface area contributed by atoms with E-state index in [0.717, 1.165) is 16.8 Å². The number of hydrogen-bond donors (Lipinski definition) is 1. The van der Waals surface area contributed by atoms with Gasteiger partial charge >= 0.3 is 6.09 Å². The summed E-state index contributed by atoms with van der Waals surface area (Å²) in [6.07, 6.45) is 8.22. The Balaban J connectivity index is 1.85. The second kappa shape index (κ2) is 6.59. The van der Waals surface area contributed by atoms with Crippen molar-refractivity contribution >= 4 is 6.09 Å². The summed E-state index contributed by atoms with van der Waals surface area (Å²) in [5.41, 5.74) is 2.93. The molecule has 1 aromatic rings. The predicted molar refractivity (Wildman–Crippen MR) is 75.4 cm³/mol. The molecule has 0 heterocycles. The molecule has 0 aromatic heterocycles. The maximum Gasteiger partial charge on any atom is 0.411 e. The van der Waals surface area contributed by atoms with E-state index in [1.165, 1.54) is 0 Å². The van der Waals surface area contributed by atoms with Crippen LogP contribution in [-0.2, 0) is 11.3 Å². The molecule has 98 valence electrons. The van der Waals surface area contributed by atoms with E-state index in [0.29, 0.717) is 6.42 Å². The van der Waals surface area contributed by atoms with Gasteiger partial charge in [0.05, 0.1) is 0 Å². The highest BCUT2D eigenvalue weighted by Crippen LogP contribution is 2.10. The molecule has 1 aromatic carbocycles. The molecule has 0 saturated carbocycles. The number of allylic oxidation sites excluding steroid dienone is 5. The summed E-state index contributed by atoms with van der Waals surface area (Å²) in [6, 6.07) is 9.62. The topological polar surface area (TPSA) is 38.3 Å². The third kappa shape index (κ3) is 4.47. The van der Waals surface area contributed by atoms with Crippen molar-refractivity contribution in [1.82, 2.24) is 5.32 Å². The van der Waals surface area contributed by atoms with Crippen LogP contribution in [0.5, 0.6) is 0 Å². The molecular formula is C16H17NO2. The van der Waals surface area contributed by atoms with Gasteiger partial charge in [-0.3, -0.25) is 5.32 Å². The molecule has 1 aliphatic carbocycles. The minimum absolute atomic E-state index is 0.282. The molecule has 19 heavy (non-hydrogen) atoms. The van der Waals surface area contributed by atoms with E-state index in [4.69, 9.17) is 4.74 Å². The van der Waals surface area contributed by atoms with Crippen LogP contribution in [0.3, 0.4) is 0 Å². The van der Waals surface area contributed by atoms with Gasteiger partial charge in [0.15, 0.2) is 0 Å². The number of nitrogens with one attached hydrogen (secondary N) is 1. The molecule has 0 atom stereocenters. The van der Waals surface area contributed by atoms with Crippen molar-refractivity contribution in [3.8, 4) is 0 Å². The first-order chi connectivity index (χ1) is 9.24. The lowest BCUT2D eigenvalue weighted by molar-refractivity contribution is 0.142. The molecule has 0 saturated heterocycles. The Morgan fingerprint density at radius 1 is 1.32 bits per heavy atom. The number of carbonyl (C=O) groups is 1. The quantitative estimate of drug-likeness (QED) is 0.894. The molecule has 0 spiro atoms. The maximum absolute atomic E-state index is 11.7. The molecule has 2 rings (SSSR count). The van der Waals surface area contributed by atoms with Gasteiger partial charge < -0.3 is 4.74 Å². The molecule has 0 fully saturated rings. The highest BCUT2D eigenvalue weighted by Gasteiger charge is 2.06.